The highest BCUT2D eigenvalue weighted by Gasteiger charge is 2.29. The summed E-state index contributed by atoms with van der Waals surface area (Å²) in [6.45, 7) is 2.73. The van der Waals surface area contributed by atoms with Crippen LogP contribution in [0.3, 0.4) is 0 Å². The Morgan fingerprint density at radius 2 is 2.33 bits per heavy atom. The first-order chi connectivity index (χ1) is 5.46. The second-order valence-corrected chi connectivity index (χ2v) is 4.97. The molecule has 1 unspecified atom stereocenters. The Labute approximate surface area is 73.1 Å². The maximum Gasteiger partial charge on any atom is 0.212 e. The van der Waals surface area contributed by atoms with Crippen LogP contribution in [0.2, 0.25) is 0 Å². The first-order valence-corrected chi connectivity index (χ1v) is 5.65. The van der Waals surface area contributed by atoms with Gasteiger partial charge in [0.25, 0.3) is 0 Å². The number of nitrogens with zero attached hydrogens (tertiary/aromatic N) is 1. The molecule has 5 heteroatoms. The van der Waals surface area contributed by atoms with E-state index in [0.29, 0.717) is 13.1 Å². The van der Waals surface area contributed by atoms with Crippen LogP contribution < -0.4 is 5.73 Å². The van der Waals surface area contributed by atoms with Crippen molar-refractivity contribution < 1.29 is 8.42 Å². The Morgan fingerprint density at radius 1 is 1.75 bits per heavy atom. The average molecular weight is 190 g/mol. The van der Waals surface area contributed by atoms with Crippen LogP contribution >= 0.6 is 0 Å². The molecular weight excluding hydrogens is 176 g/mol. The molecule has 0 bridgehead atoms. The van der Waals surface area contributed by atoms with E-state index in [2.05, 4.69) is 0 Å². The van der Waals surface area contributed by atoms with Crippen LogP contribution in [0.1, 0.15) is 6.92 Å². The minimum Gasteiger partial charge on any atom is -0.329 e. The highest BCUT2D eigenvalue weighted by atomic mass is 32.2. The van der Waals surface area contributed by atoms with Crippen LogP contribution in [0.15, 0.2) is 11.6 Å². The van der Waals surface area contributed by atoms with E-state index in [4.69, 9.17) is 5.73 Å². The lowest BCUT2D eigenvalue weighted by molar-refractivity contribution is 0.409. The monoisotopic (exact) mass is 190 g/mol. The van der Waals surface area contributed by atoms with Crippen LogP contribution in [0.4, 0.5) is 0 Å². The summed E-state index contributed by atoms with van der Waals surface area (Å²) in [5.41, 5.74) is 6.51. The van der Waals surface area contributed by atoms with Gasteiger partial charge < -0.3 is 5.73 Å². The third kappa shape index (κ3) is 1.68. The van der Waals surface area contributed by atoms with Gasteiger partial charge in [-0.25, -0.2) is 8.42 Å². The molecule has 1 aliphatic heterocycles. The summed E-state index contributed by atoms with van der Waals surface area (Å²) in [5.74, 6) is 0. The second-order valence-electron chi connectivity index (χ2n) is 3.03. The minimum atomic E-state index is -3.10. The smallest absolute Gasteiger partial charge is 0.212 e. The van der Waals surface area contributed by atoms with Gasteiger partial charge >= 0.3 is 0 Å². The van der Waals surface area contributed by atoms with Crippen molar-refractivity contribution in [3.8, 4) is 0 Å². The van der Waals surface area contributed by atoms with Crippen molar-refractivity contribution in [2.45, 2.75) is 13.0 Å². The van der Waals surface area contributed by atoms with Gasteiger partial charge in [-0.15, -0.1) is 0 Å². The van der Waals surface area contributed by atoms with Gasteiger partial charge in [0.1, 0.15) is 0 Å². The summed E-state index contributed by atoms with van der Waals surface area (Å²) in [6.07, 6.45) is 3.11. The molecule has 0 fully saturated rings. The normalized spacial score (nSPS) is 25.9. The Balaban J connectivity index is 2.87. The van der Waals surface area contributed by atoms with Gasteiger partial charge in [-0.2, -0.15) is 4.31 Å². The van der Waals surface area contributed by atoms with Gasteiger partial charge in [-0.1, -0.05) is 11.6 Å². The van der Waals surface area contributed by atoms with Crippen LogP contribution in [0, 0.1) is 0 Å². The van der Waals surface area contributed by atoms with Crippen molar-refractivity contribution in [2.24, 2.45) is 5.73 Å². The molecular formula is C7H14N2O2S. The van der Waals surface area contributed by atoms with Gasteiger partial charge in [0.2, 0.25) is 10.0 Å². The average Bonchev–Trinajstić information content (AvgIpc) is 2.29. The lowest BCUT2D eigenvalue weighted by Crippen LogP contribution is -2.40. The lowest BCUT2D eigenvalue weighted by Gasteiger charge is -2.22. The third-order valence-corrected chi connectivity index (χ3v) is 3.37. The Morgan fingerprint density at radius 3 is 2.67 bits per heavy atom. The van der Waals surface area contributed by atoms with Crippen molar-refractivity contribution in [3.05, 3.63) is 11.6 Å². The quantitative estimate of drug-likeness (QED) is 0.599. The molecule has 0 aromatic heterocycles. The predicted octanol–water partition coefficient (Wildman–Crippen LogP) is -0.465. The Hall–Kier alpha value is -0.390. The van der Waals surface area contributed by atoms with Crippen molar-refractivity contribution >= 4 is 10.0 Å². The Bertz CT molecular complexity index is 295. The van der Waals surface area contributed by atoms with E-state index in [-0.39, 0.29) is 6.04 Å². The summed E-state index contributed by atoms with van der Waals surface area (Å²) in [4.78, 5) is 0. The molecule has 1 atom stereocenters. The third-order valence-electron chi connectivity index (χ3n) is 2.12. The molecule has 70 valence electrons. The molecule has 12 heavy (non-hydrogen) atoms. The zero-order valence-corrected chi connectivity index (χ0v) is 8.13. The first kappa shape index (κ1) is 9.70. The molecule has 0 aromatic rings. The predicted molar refractivity (Wildman–Crippen MR) is 48.1 cm³/mol. The number of hydrogen-bond donors (Lipinski definition) is 1. The van der Waals surface area contributed by atoms with Crippen LogP contribution in [-0.4, -0.2) is 38.1 Å². The zero-order chi connectivity index (χ0) is 9.35. The molecule has 0 aromatic carbocycles. The van der Waals surface area contributed by atoms with Gasteiger partial charge in [0.05, 0.1) is 12.3 Å². The molecule has 1 aliphatic rings. The Kier molecular flexibility index (Phi) is 2.55. The second kappa shape index (κ2) is 3.16. The topological polar surface area (TPSA) is 63.4 Å². The molecule has 0 saturated heterocycles. The number of hydrogen-bond acceptors (Lipinski definition) is 3. The number of rotatable bonds is 2. The van der Waals surface area contributed by atoms with Crippen LogP contribution in [-0.2, 0) is 10.0 Å². The van der Waals surface area contributed by atoms with Crippen molar-refractivity contribution in [1.29, 1.82) is 0 Å². The molecule has 4 nitrogen and oxygen atoms in total. The van der Waals surface area contributed by atoms with Gasteiger partial charge in [-0.3, -0.25) is 0 Å². The number of nitrogens with two attached hydrogens (primary N) is 1. The number of sulfonamides is 1. The zero-order valence-electron chi connectivity index (χ0n) is 7.32. The van der Waals surface area contributed by atoms with E-state index in [1.54, 1.807) is 0 Å². The van der Waals surface area contributed by atoms with E-state index in [9.17, 15) is 8.42 Å². The lowest BCUT2D eigenvalue weighted by atomic mass is 10.2. The molecule has 0 spiro atoms. The fraction of sp³-hybridized carbons (Fsp3) is 0.714. The van der Waals surface area contributed by atoms with E-state index < -0.39 is 10.0 Å². The summed E-state index contributed by atoms with van der Waals surface area (Å²) < 4.78 is 23.8. The maximum atomic E-state index is 11.2. The summed E-state index contributed by atoms with van der Waals surface area (Å²) in [5, 5.41) is 0. The first-order valence-electron chi connectivity index (χ1n) is 3.80. The van der Waals surface area contributed by atoms with Crippen molar-refractivity contribution in [3.63, 3.8) is 0 Å². The molecule has 0 aliphatic carbocycles. The molecule has 0 amide bonds. The fourth-order valence-electron chi connectivity index (χ4n) is 1.39. The van der Waals surface area contributed by atoms with Crippen LogP contribution in [0.25, 0.3) is 0 Å². The van der Waals surface area contributed by atoms with E-state index in [1.807, 2.05) is 13.0 Å². The largest absolute Gasteiger partial charge is 0.329 e. The van der Waals surface area contributed by atoms with Crippen LogP contribution in [0.5, 0.6) is 0 Å². The molecule has 0 saturated carbocycles. The molecule has 0 radical (unpaired) electrons. The van der Waals surface area contributed by atoms with Crippen molar-refractivity contribution in [2.75, 3.05) is 19.3 Å². The van der Waals surface area contributed by atoms with Gasteiger partial charge in [0.15, 0.2) is 0 Å². The molecule has 1 rings (SSSR count). The highest BCUT2D eigenvalue weighted by Crippen LogP contribution is 2.19. The summed E-state index contributed by atoms with van der Waals surface area (Å²) in [7, 11) is -3.10. The van der Waals surface area contributed by atoms with Gasteiger partial charge in [0, 0.05) is 13.1 Å². The fourth-order valence-corrected chi connectivity index (χ4v) is 2.45. The van der Waals surface area contributed by atoms with Crippen molar-refractivity contribution in [1.82, 2.24) is 4.31 Å². The molecule has 1 heterocycles. The highest BCUT2D eigenvalue weighted by molar-refractivity contribution is 7.88. The summed E-state index contributed by atoms with van der Waals surface area (Å²) >= 11 is 0. The SMILES string of the molecule is CC1=CCN(S(C)(=O)=O)C1CN. The summed E-state index contributed by atoms with van der Waals surface area (Å²) in [6, 6.07) is -0.125. The van der Waals surface area contributed by atoms with Gasteiger partial charge in [-0.05, 0) is 6.92 Å². The standard InChI is InChI=1S/C7H14N2O2S/c1-6-3-4-9(7(6)5-8)12(2,10)11/h3,7H,4-5,8H2,1-2H3. The molecule has 2 N–H and O–H groups in total. The maximum absolute atomic E-state index is 11.2. The minimum absolute atomic E-state index is 0.125. The van der Waals surface area contributed by atoms with E-state index in [1.165, 1.54) is 10.6 Å². The van der Waals surface area contributed by atoms with E-state index in [0.717, 1.165) is 5.57 Å². The van der Waals surface area contributed by atoms with E-state index >= 15 is 0 Å².